The van der Waals surface area contributed by atoms with Gasteiger partial charge < -0.3 is 5.11 Å². The molecule has 1 aromatic carbocycles. The molecule has 0 aliphatic rings. The molecule has 2 aromatic heterocycles. The fourth-order valence-corrected chi connectivity index (χ4v) is 2.13. The van der Waals surface area contributed by atoms with Crippen LogP contribution in [0.4, 0.5) is 0 Å². The Kier molecular flexibility index (Phi) is 2.56. The molecule has 0 fully saturated rings. The normalized spacial score (nSPS) is 10.8. The van der Waals surface area contributed by atoms with E-state index >= 15 is 0 Å². The first kappa shape index (κ1) is 11.5. The van der Waals surface area contributed by atoms with E-state index in [0.717, 1.165) is 11.1 Å². The van der Waals surface area contributed by atoms with Crippen LogP contribution in [-0.4, -0.2) is 20.5 Å². The number of carboxylic acids is 1. The van der Waals surface area contributed by atoms with Crippen molar-refractivity contribution in [1.29, 1.82) is 0 Å². The number of nitrogens with zero attached hydrogens (tertiary/aromatic N) is 2. The molecular formula is C15H12N2O2. The van der Waals surface area contributed by atoms with Crippen LogP contribution in [0.25, 0.3) is 16.9 Å². The lowest BCUT2D eigenvalue weighted by Crippen LogP contribution is -2.00. The summed E-state index contributed by atoms with van der Waals surface area (Å²) in [6, 6.07) is 13.2. The van der Waals surface area contributed by atoms with Crippen molar-refractivity contribution in [3.63, 3.8) is 0 Å². The standard InChI is InChI=1S/C15H12N2O2/c1-10-5-7-11(8-6-10)14-13(15(18)19)16-12-4-2-3-9-17(12)14/h2-9H,1H3,(H,18,19). The number of rotatable bonds is 2. The summed E-state index contributed by atoms with van der Waals surface area (Å²) in [5, 5.41) is 9.31. The molecule has 19 heavy (non-hydrogen) atoms. The summed E-state index contributed by atoms with van der Waals surface area (Å²) in [6.07, 6.45) is 1.82. The minimum absolute atomic E-state index is 0.0788. The molecule has 0 saturated carbocycles. The van der Waals surface area contributed by atoms with Crippen LogP contribution in [0.5, 0.6) is 0 Å². The smallest absolute Gasteiger partial charge is 0.356 e. The van der Waals surface area contributed by atoms with E-state index in [1.807, 2.05) is 49.5 Å². The van der Waals surface area contributed by atoms with Gasteiger partial charge in [-0.05, 0) is 19.1 Å². The second-order valence-corrected chi connectivity index (χ2v) is 4.41. The fraction of sp³-hybridized carbons (Fsp3) is 0.0667. The van der Waals surface area contributed by atoms with Crippen LogP contribution in [-0.2, 0) is 0 Å². The van der Waals surface area contributed by atoms with Gasteiger partial charge in [-0.3, -0.25) is 4.40 Å². The molecule has 0 amide bonds. The summed E-state index contributed by atoms with van der Waals surface area (Å²) in [6.45, 7) is 2.00. The number of fused-ring (bicyclic) bond motifs is 1. The van der Waals surface area contributed by atoms with Gasteiger partial charge in [-0.2, -0.15) is 0 Å². The number of aryl methyl sites for hydroxylation is 1. The summed E-state index contributed by atoms with van der Waals surface area (Å²) in [5.41, 5.74) is 3.31. The number of benzene rings is 1. The van der Waals surface area contributed by atoms with Crippen LogP contribution in [0.2, 0.25) is 0 Å². The Bertz CT molecular complexity index is 757. The van der Waals surface area contributed by atoms with E-state index in [1.54, 1.807) is 10.5 Å². The summed E-state index contributed by atoms with van der Waals surface area (Å²) < 4.78 is 1.80. The van der Waals surface area contributed by atoms with E-state index in [0.29, 0.717) is 11.3 Å². The van der Waals surface area contributed by atoms with Crippen LogP contribution in [0.1, 0.15) is 16.1 Å². The topological polar surface area (TPSA) is 54.6 Å². The number of carboxylic acid groups (broad SMARTS) is 1. The van der Waals surface area contributed by atoms with Crippen LogP contribution in [0.3, 0.4) is 0 Å². The van der Waals surface area contributed by atoms with Crippen molar-refractivity contribution in [2.45, 2.75) is 6.92 Å². The molecule has 0 radical (unpaired) electrons. The third kappa shape index (κ3) is 1.87. The number of aromatic nitrogens is 2. The Labute approximate surface area is 110 Å². The van der Waals surface area contributed by atoms with Gasteiger partial charge in [0.1, 0.15) is 5.65 Å². The summed E-state index contributed by atoms with van der Waals surface area (Å²) >= 11 is 0. The minimum atomic E-state index is -1.01. The van der Waals surface area contributed by atoms with Crippen molar-refractivity contribution in [3.05, 3.63) is 59.9 Å². The van der Waals surface area contributed by atoms with Gasteiger partial charge in [-0.25, -0.2) is 9.78 Å². The maximum Gasteiger partial charge on any atom is 0.356 e. The Hall–Kier alpha value is -2.62. The Morgan fingerprint density at radius 2 is 1.89 bits per heavy atom. The molecule has 3 rings (SSSR count). The lowest BCUT2D eigenvalue weighted by Gasteiger charge is -2.03. The number of hydrogen-bond donors (Lipinski definition) is 1. The molecular weight excluding hydrogens is 240 g/mol. The average Bonchev–Trinajstić information content (AvgIpc) is 2.79. The van der Waals surface area contributed by atoms with Gasteiger partial charge in [-0.1, -0.05) is 35.9 Å². The first-order valence-electron chi connectivity index (χ1n) is 5.94. The second-order valence-electron chi connectivity index (χ2n) is 4.41. The van der Waals surface area contributed by atoms with Crippen molar-refractivity contribution < 1.29 is 9.90 Å². The molecule has 0 bridgehead atoms. The highest BCUT2D eigenvalue weighted by atomic mass is 16.4. The summed E-state index contributed by atoms with van der Waals surface area (Å²) in [4.78, 5) is 15.5. The van der Waals surface area contributed by atoms with E-state index in [4.69, 9.17) is 0 Å². The van der Waals surface area contributed by atoms with Crippen LogP contribution in [0.15, 0.2) is 48.7 Å². The monoisotopic (exact) mass is 252 g/mol. The fourth-order valence-electron chi connectivity index (χ4n) is 2.13. The molecule has 2 heterocycles. The van der Waals surface area contributed by atoms with Gasteiger partial charge in [0, 0.05) is 11.8 Å². The number of pyridine rings is 1. The lowest BCUT2D eigenvalue weighted by molar-refractivity contribution is 0.0692. The van der Waals surface area contributed by atoms with E-state index < -0.39 is 5.97 Å². The van der Waals surface area contributed by atoms with Gasteiger partial charge in [0.25, 0.3) is 0 Å². The molecule has 0 saturated heterocycles. The molecule has 0 aliphatic heterocycles. The van der Waals surface area contributed by atoms with Gasteiger partial charge in [-0.15, -0.1) is 0 Å². The van der Waals surface area contributed by atoms with Crippen molar-refractivity contribution in [1.82, 2.24) is 9.38 Å². The molecule has 1 N–H and O–H groups in total. The Morgan fingerprint density at radius 1 is 1.16 bits per heavy atom. The number of imidazole rings is 1. The van der Waals surface area contributed by atoms with Crippen molar-refractivity contribution in [2.75, 3.05) is 0 Å². The minimum Gasteiger partial charge on any atom is -0.476 e. The molecule has 94 valence electrons. The van der Waals surface area contributed by atoms with Crippen molar-refractivity contribution >= 4 is 11.6 Å². The van der Waals surface area contributed by atoms with Gasteiger partial charge in [0.15, 0.2) is 5.69 Å². The van der Waals surface area contributed by atoms with E-state index in [1.165, 1.54) is 0 Å². The number of carbonyl (C=O) groups is 1. The first-order chi connectivity index (χ1) is 9.16. The second kappa shape index (κ2) is 4.24. The summed E-state index contributed by atoms with van der Waals surface area (Å²) in [7, 11) is 0. The van der Waals surface area contributed by atoms with Gasteiger partial charge in [0.05, 0.1) is 5.69 Å². The number of hydrogen-bond acceptors (Lipinski definition) is 2. The zero-order chi connectivity index (χ0) is 13.4. The van der Waals surface area contributed by atoms with E-state index in [-0.39, 0.29) is 5.69 Å². The molecule has 0 atom stereocenters. The summed E-state index contributed by atoms with van der Waals surface area (Å²) in [5.74, 6) is -1.01. The predicted molar refractivity (Wildman–Crippen MR) is 72.3 cm³/mol. The van der Waals surface area contributed by atoms with E-state index in [2.05, 4.69) is 4.98 Å². The average molecular weight is 252 g/mol. The first-order valence-corrected chi connectivity index (χ1v) is 5.94. The highest BCUT2D eigenvalue weighted by Gasteiger charge is 2.18. The largest absolute Gasteiger partial charge is 0.476 e. The van der Waals surface area contributed by atoms with Crippen LogP contribution < -0.4 is 0 Å². The quantitative estimate of drug-likeness (QED) is 0.762. The van der Waals surface area contributed by atoms with Crippen molar-refractivity contribution in [3.8, 4) is 11.3 Å². The molecule has 4 heteroatoms. The third-order valence-electron chi connectivity index (χ3n) is 3.06. The SMILES string of the molecule is Cc1ccc(-c2c(C(=O)O)nc3ccccn23)cc1. The zero-order valence-corrected chi connectivity index (χ0v) is 10.4. The predicted octanol–water partition coefficient (Wildman–Crippen LogP) is 3.01. The zero-order valence-electron chi connectivity index (χ0n) is 10.4. The molecule has 0 unspecified atom stereocenters. The highest BCUT2D eigenvalue weighted by molar-refractivity contribution is 5.94. The van der Waals surface area contributed by atoms with Gasteiger partial charge in [0.2, 0.25) is 0 Å². The van der Waals surface area contributed by atoms with Crippen LogP contribution >= 0.6 is 0 Å². The molecule has 3 aromatic rings. The van der Waals surface area contributed by atoms with Crippen molar-refractivity contribution in [2.24, 2.45) is 0 Å². The van der Waals surface area contributed by atoms with Gasteiger partial charge >= 0.3 is 5.97 Å². The third-order valence-corrected chi connectivity index (χ3v) is 3.06. The Morgan fingerprint density at radius 3 is 2.58 bits per heavy atom. The van der Waals surface area contributed by atoms with Crippen LogP contribution in [0, 0.1) is 6.92 Å². The molecule has 0 aliphatic carbocycles. The number of aromatic carboxylic acids is 1. The molecule has 0 spiro atoms. The Balaban J connectivity index is 2.34. The maximum atomic E-state index is 11.4. The highest BCUT2D eigenvalue weighted by Crippen LogP contribution is 2.25. The maximum absolute atomic E-state index is 11.4. The van der Waals surface area contributed by atoms with E-state index in [9.17, 15) is 9.90 Å². The molecule has 4 nitrogen and oxygen atoms in total. The lowest BCUT2D eigenvalue weighted by atomic mass is 10.1.